The van der Waals surface area contributed by atoms with Gasteiger partial charge in [0, 0.05) is 6.54 Å². The molecule has 9 nitrogen and oxygen atoms in total. The minimum absolute atomic E-state index is 0.0321. The Kier molecular flexibility index (Phi) is 38.1. The van der Waals surface area contributed by atoms with E-state index in [1.165, 1.54) is 115 Å². The van der Waals surface area contributed by atoms with Crippen molar-refractivity contribution in [3.05, 3.63) is 60.8 Å². The molecular weight excluding hydrogens is 699 g/mol. The standard InChI is InChI=1S/C44H81N2O7P/c1-3-5-7-9-11-13-15-16-17-18-19-20-21-22-23-24-26-28-30-32-34-36-43(48)42(40-53-54(50,51)52-38-37-45)46-44(49)39-41(47)35-33-31-29-27-25-14-12-10-8-6-4-2/h21-22,26-29,33-36,41-43,47-48H,3-20,23-25,30-32,37-40,45H2,1-2H3,(H,46,49)(H,50,51)/b22-21+,28-26+,29-27-,35-33-,36-34+. The maximum Gasteiger partial charge on any atom is 0.472 e. The quantitative estimate of drug-likeness (QED) is 0.0235. The molecule has 0 saturated heterocycles. The summed E-state index contributed by atoms with van der Waals surface area (Å²) in [5, 5.41) is 23.8. The van der Waals surface area contributed by atoms with E-state index in [2.05, 4.69) is 55.6 Å². The average molecular weight is 781 g/mol. The molecule has 10 heteroatoms. The van der Waals surface area contributed by atoms with Gasteiger partial charge in [0.05, 0.1) is 37.9 Å². The molecule has 0 saturated carbocycles. The second kappa shape index (κ2) is 39.4. The highest BCUT2D eigenvalue weighted by Crippen LogP contribution is 2.43. The summed E-state index contributed by atoms with van der Waals surface area (Å²) in [6.07, 6.45) is 46.3. The molecule has 0 aliphatic rings. The molecule has 4 unspecified atom stereocenters. The molecule has 4 atom stereocenters. The van der Waals surface area contributed by atoms with Crippen molar-refractivity contribution in [1.82, 2.24) is 5.32 Å². The van der Waals surface area contributed by atoms with Gasteiger partial charge in [-0.3, -0.25) is 13.8 Å². The second-order valence-corrected chi connectivity index (χ2v) is 15.8. The first kappa shape index (κ1) is 52.2. The van der Waals surface area contributed by atoms with Crippen molar-refractivity contribution in [3.63, 3.8) is 0 Å². The highest BCUT2D eigenvalue weighted by Gasteiger charge is 2.27. The van der Waals surface area contributed by atoms with Crippen LogP contribution in [0.2, 0.25) is 0 Å². The number of aliphatic hydroxyl groups excluding tert-OH is 2. The molecule has 0 bridgehead atoms. The fourth-order valence-electron chi connectivity index (χ4n) is 5.85. The van der Waals surface area contributed by atoms with Crippen molar-refractivity contribution in [3.8, 4) is 0 Å². The lowest BCUT2D eigenvalue weighted by Gasteiger charge is -2.23. The number of unbranched alkanes of at least 4 members (excludes halogenated alkanes) is 19. The second-order valence-electron chi connectivity index (χ2n) is 14.4. The van der Waals surface area contributed by atoms with Crippen LogP contribution in [0.15, 0.2) is 60.8 Å². The number of carbonyl (C=O) groups excluding carboxylic acids is 1. The number of amides is 1. The van der Waals surface area contributed by atoms with Crippen LogP contribution in [0.3, 0.4) is 0 Å². The van der Waals surface area contributed by atoms with Crippen molar-refractivity contribution in [2.45, 2.75) is 193 Å². The van der Waals surface area contributed by atoms with E-state index < -0.39 is 38.6 Å². The van der Waals surface area contributed by atoms with E-state index in [1.807, 2.05) is 12.2 Å². The number of phosphoric acid groups is 1. The Hall–Kier alpha value is -1.84. The van der Waals surface area contributed by atoms with Gasteiger partial charge in [0.25, 0.3) is 0 Å². The molecule has 0 aromatic carbocycles. The van der Waals surface area contributed by atoms with Crippen molar-refractivity contribution in [1.29, 1.82) is 0 Å². The molecule has 0 aromatic heterocycles. The van der Waals surface area contributed by atoms with Crippen molar-refractivity contribution in [2.24, 2.45) is 5.73 Å². The van der Waals surface area contributed by atoms with Gasteiger partial charge >= 0.3 is 7.82 Å². The Morgan fingerprint density at radius 2 is 1.09 bits per heavy atom. The molecule has 0 spiro atoms. The van der Waals surface area contributed by atoms with E-state index in [-0.39, 0.29) is 19.6 Å². The van der Waals surface area contributed by atoms with Gasteiger partial charge in [0.15, 0.2) is 0 Å². The lowest BCUT2D eigenvalue weighted by atomic mass is 10.1. The zero-order valence-electron chi connectivity index (χ0n) is 34.3. The number of phosphoric ester groups is 1. The van der Waals surface area contributed by atoms with E-state index in [0.717, 1.165) is 32.1 Å². The minimum atomic E-state index is -4.43. The smallest absolute Gasteiger partial charge is 0.389 e. The van der Waals surface area contributed by atoms with Gasteiger partial charge in [-0.05, 0) is 57.8 Å². The summed E-state index contributed by atoms with van der Waals surface area (Å²) in [6.45, 7) is 3.87. The van der Waals surface area contributed by atoms with Crippen LogP contribution in [0.25, 0.3) is 0 Å². The lowest BCUT2D eigenvalue weighted by molar-refractivity contribution is -0.124. The average Bonchev–Trinajstić information content (AvgIpc) is 3.15. The fourth-order valence-corrected chi connectivity index (χ4v) is 6.61. The van der Waals surface area contributed by atoms with Crippen LogP contribution >= 0.6 is 7.82 Å². The first-order valence-electron chi connectivity index (χ1n) is 21.5. The maximum absolute atomic E-state index is 12.7. The Balaban J connectivity index is 4.48. The first-order chi connectivity index (χ1) is 26.3. The molecule has 0 aliphatic carbocycles. The third kappa shape index (κ3) is 37.1. The van der Waals surface area contributed by atoms with Gasteiger partial charge in [0.1, 0.15) is 0 Å². The summed E-state index contributed by atoms with van der Waals surface area (Å²) in [7, 11) is -4.43. The minimum Gasteiger partial charge on any atom is -0.389 e. The summed E-state index contributed by atoms with van der Waals surface area (Å²) in [6, 6.07) is -1.04. The van der Waals surface area contributed by atoms with E-state index in [4.69, 9.17) is 14.8 Å². The van der Waals surface area contributed by atoms with Crippen LogP contribution in [0.1, 0.15) is 174 Å². The normalized spacial score (nSPS) is 15.3. The molecule has 0 rings (SSSR count). The molecule has 0 fully saturated rings. The zero-order chi connectivity index (χ0) is 39.8. The lowest BCUT2D eigenvalue weighted by Crippen LogP contribution is -2.46. The van der Waals surface area contributed by atoms with Crippen LogP contribution in [0, 0.1) is 0 Å². The summed E-state index contributed by atoms with van der Waals surface area (Å²) < 4.78 is 22.0. The molecule has 0 heterocycles. The molecule has 0 radical (unpaired) electrons. The molecule has 314 valence electrons. The molecule has 1 amide bonds. The molecule has 6 N–H and O–H groups in total. The summed E-state index contributed by atoms with van der Waals surface area (Å²) >= 11 is 0. The summed E-state index contributed by atoms with van der Waals surface area (Å²) in [5.74, 6) is -0.529. The predicted octanol–water partition coefficient (Wildman–Crippen LogP) is 10.9. The number of rotatable bonds is 39. The Morgan fingerprint density at radius 3 is 1.61 bits per heavy atom. The van der Waals surface area contributed by atoms with Crippen molar-refractivity contribution in [2.75, 3.05) is 19.8 Å². The third-order valence-electron chi connectivity index (χ3n) is 9.11. The Bertz CT molecular complexity index is 1050. The molecular formula is C44H81N2O7P. The molecule has 0 aliphatic heterocycles. The van der Waals surface area contributed by atoms with Crippen molar-refractivity contribution < 1.29 is 33.5 Å². The van der Waals surface area contributed by atoms with E-state index >= 15 is 0 Å². The zero-order valence-corrected chi connectivity index (χ0v) is 35.2. The number of allylic oxidation sites excluding steroid dienone is 8. The largest absolute Gasteiger partial charge is 0.472 e. The van der Waals surface area contributed by atoms with Gasteiger partial charge in [-0.1, -0.05) is 171 Å². The number of hydrogen-bond acceptors (Lipinski definition) is 7. The van der Waals surface area contributed by atoms with Gasteiger partial charge in [-0.25, -0.2) is 4.57 Å². The van der Waals surface area contributed by atoms with Crippen LogP contribution in [-0.2, 0) is 18.4 Å². The highest BCUT2D eigenvalue weighted by molar-refractivity contribution is 7.47. The number of carbonyl (C=O) groups is 1. The molecule has 0 aromatic rings. The number of nitrogens with two attached hydrogens (primary N) is 1. The van der Waals surface area contributed by atoms with Gasteiger partial charge < -0.3 is 26.2 Å². The van der Waals surface area contributed by atoms with Crippen LogP contribution in [0.4, 0.5) is 0 Å². The monoisotopic (exact) mass is 781 g/mol. The van der Waals surface area contributed by atoms with Gasteiger partial charge in [0.2, 0.25) is 5.91 Å². The summed E-state index contributed by atoms with van der Waals surface area (Å²) in [4.78, 5) is 22.6. The number of nitrogens with one attached hydrogen (secondary N) is 1. The third-order valence-corrected chi connectivity index (χ3v) is 10.1. The van der Waals surface area contributed by atoms with Gasteiger partial charge in [-0.2, -0.15) is 0 Å². The summed E-state index contributed by atoms with van der Waals surface area (Å²) in [5.41, 5.74) is 5.35. The Labute approximate surface area is 330 Å². The first-order valence-corrected chi connectivity index (χ1v) is 23.0. The number of aliphatic hydroxyl groups is 2. The fraction of sp³-hybridized carbons (Fsp3) is 0.750. The SMILES string of the molecule is CCCCCCCC/C=C\C/C=C\C(O)CC(=O)NC(COP(=O)(O)OCCN)C(O)/C=C/CC/C=C/CC/C=C/CCCCCCCCCCCCC. The Morgan fingerprint density at radius 1 is 0.630 bits per heavy atom. The van der Waals surface area contributed by atoms with Crippen LogP contribution in [-0.4, -0.2) is 59.0 Å². The van der Waals surface area contributed by atoms with Crippen LogP contribution in [0.5, 0.6) is 0 Å². The van der Waals surface area contributed by atoms with E-state index in [0.29, 0.717) is 12.8 Å². The maximum atomic E-state index is 12.7. The van der Waals surface area contributed by atoms with E-state index in [9.17, 15) is 24.5 Å². The van der Waals surface area contributed by atoms with E-state index in [1.54, 1.807) is 6.08 Å². The van der Waals surface area contributed by atoms with Crippen LogP contribution < -0.4 is 11.1 Å². The van der Waals surface area contributed by atoms with Gasteiger partial charge in [-0.15, -0.1) is 0 Å². The highest BCUT2D eigenvalue weighted by atomic mass is 31.2. The number of hydrogen-bond donors (Lipinski definition) is 5. The predicted molar refractivity (Wildman–Crippen MR) is 227 cm³/mol. The topological polar surface area (TPSA) is 151 Å². The van der Waals surface area contributed by atoms with Crippen molar-refractivity contribution >= 4 is 13.7 Å². The molecule has 54 heavy (non-hydrogen) atoms.